The van der Waals surface area contributed by atoms with E-state index in [1.807, 2.05) is 36.4 Å². The number of carbonyl (C=O) groups excluding carboxylic acids is 1. The molecule has 28 heavy (non-hydrogen) atoms. The lowest BCUT2D eigenvalue weighted by molar-refractivity contribution is -0.126. The number of rotatable bonds is 7. The maximum Gasteiger partial charge on any atom is 0.242 e. The van der Waals surface area contributed by atoms with Gasteiger partial charge in [-0.2, -0.15) is 5.10 Å². The summed E-state index contributed by atoms with van der Waals surface area (Å²) in [7, 11) is 1.63. The first kappa shape index (κ1) is 20.1. The first-order valence-electron chi connectivity index (χ1n) is 9.40. The van der Waals surface area contributed by atoms with Gasteiger partial charge in [-0.1, -0.05) is 61.5 Å². The largest absolute Gasteiger partial charge is 0.496 e. The monoisotopic (exact) mass is 395 g/mol. The third kappa shape index (κ3) is 4.62. The van der Waals surface area contributed by atoms with E-state index in [2.05, 4.69) is 36.2 Å². The predicted molar refractivity (Wildman–Crippen MR) is 116 cm³/mol. The minimum Gasteiger partial charge on any atom is -0.496 e. The maximum atomic E-state index is 12.9. The van der Waals surface area contributed by atoms with Gasteiger partial charge < -0.3 is 4.74 Å². The van der Waals surface area contributed by atoms with Crippen LogP contribution in [0, 0.1) is 6.92 Å². The summed E-state index contributed by atoms with van der Waals surface area (Å²) in [6.45, 7) is 4.67. The highest BCUT2D eigenvalue weighted by Crippen LogP contribution is 2.32. The zero-order chi connectivity index (χ0) is 19.9. The zero-order valence-corrected chi connectivity index (χ0v) is 17.3. The number of para-hydroxylation sites is 1. The molecule has 0 radical (unpaired) electrons. The first-order valence-corrected chi connectivity index (χ1v) is 10.3. The number of amides is 1. The van der Waals surface area contributed by atoms with Crippen molar-refractivity contribution in [3.05, 3.63) is 65.2 Å². The molecule has 1 aliphatic rings. The van der Waals surface area contributed by atoms with Crippen LogP contribution in [-0.4, -0.2) is 34.5 Å². The zero-order valence-electron chi connectivity index (χ0n) is 16.5. The van der Waals surface area contributed by atoms with Crippen LogP contribution in [0.25, 0.3) is 0 Å². The van der Waals surface area contributed by atoms with Gasteiger partial charge in [-0.25, -0.2) is 0 Å². The van der Waals surface area contributed by atoms with E-state index in [4.69, 9.17) is 4.74 Å². The smallest absolute Gasteiger partial charge is 0.242 e. The molecule has 0 saturated carbocycles. The summed E-state index contributed by atoms with van der Waals surface area (Å²) in [5.74, 6) is 0.851. The molecule has 0 unspecified atom stereocenters. The lowest BCUT2D eigenvalue weighted by Crippen LogP contribution is -2.31. The van der Waals surface area contributed by atoms with Crippen molar-refractivity contribution in [2.45, 2.75) is 38.5 Å². The van der Waals surface area contributed by atoms with Gasteiger partial charge in [-0.05, 0) is 36.6 Å². The van der Waals surface area contributed by atoms with E-state index < -0.39 is 0 Å². The molecule has 0 spiro atoms. The van der Waals surface area contributed by atoms with Crippen molar-refractivity contribution < 1.29 is 9.53 Å². The van der Waals surface area contributed by atoms with Crippen LogP contribution in [0.3, 0.4) is 0 Å². The minimum absolute atomic E-state index is 0.0887. The molecule has 6 heteroatoms. The minimum atomic E-state index is -0.0887. The van der Waals surface area contributed by atoms with Crippen molar-refractivity contribution in [2.24, 2.45) is 10.2 Å². The van der Waals surface area contributed by atoms with Crippen LogP contribution >= 0.6 is 11.8 Å². The van der Waals surface area contributed by atoms with E-state index >= 15 is 0 Å². The number of hydrogen-bond acceptors (Lipinski definition) is 5. The average molecular weight is 396 g/mol. The SMILES string of the molecule is CCC[C@@H]1S/C(=N\N=C/c2ccccc2OC)N(Cc2ccccc2C)C1=O. The van der Waals surface area contributed by atoms with Gasteiger partial charge in [0.05, 0.1) is 25.1 Å². The van der Waals surface area contributed by atoms with E-state index in [9.17, 15) is 4.79 Å². The summed E-state index contributed by atoms with van der Waals surface area (Å²) in [4.78, 5) is 14.7. The van der Waals surface area contributed by atoms with Crippen LogP contribution < -0.4 is 4.74 Å². The van der Waals surface area contributed by atoms with Crippen LogP contribution in [0.15, 0.2) is 58.7 Å². The highest BCUT2D eigenvalue weighted by molar-refractivity contribution is 8.15. The van der Waals surface area contributed by atoms with Crippen LogP contribution in [0.5, 0.6) is 5.75 Å². The lowest BCUT2D eigenvalue weighted by atomic mass is 10.1. The van der Waals surface area contributed by atoms with Gasteiger partial charge in [0.1, 0.15) is 5.75 Å². The Morgan fingerprint density at radius 1 is 1.18 bits per heavy atom. The molecule has 0 aliphatic carbocycles. The lowest BCUT2D eigenvalue weighted by Gasteiger charge is -2.17. The molecule has 0 bridgehead atoms. The summed E-state index contributed by atoms with van der Waals surface area (Å²) in [6, 6.07) is 15.7. The Labute approximate surface area is 170 Å². The fraction of sp³-hybridized carbons (Fsp3) is 0.318. The van der Waals surface area contributed by atoms with Crippen LogP contribution in [-0.2, 0) is 11.3 Å². The number of thioether (sulfide) groups is 1. The van der Waals surface area contributed by atoms with Gasteiger partial charge in [0, 0.05) is 5.56 Å². The van der Waals surface area contributed by atoms with Crippen LogP contribution in [0.1, 0.15) is 36.5 Å². The standard InChI is InChI=1S/C22H25N3O2S/c1-4-9-20-21(26)25(15-18-12-6-5-10-16(18)2)22(28-20)24-23-14-17-11-7-8-13-19(17)27-3/h5-8,10-14,20H,4,9,15H2,1-3H3/b23-14-,24-22-/t20-/m0/s1. The molecular weight excluding hydrogens is 370 g/mol. The van der Waals surface area contributed by atoms with Gasteiger partial charge in [0.2, 0.25) is 5.91 Å². The number of benzene rings is 2. The summed E-state index contributed by atoms with van der Waals surface area (Å²) < 4.78 is 5.34. The summed E-state index contributed by atoms with van der Waals surface area (Å²) in [6.07, 6.45) is 3.46. The number of ether oxygens (including phenoxy) is 1. The third-order valence-electron chi connectivity index (χ3n) is 4.64. The van der Waals surface area contributed by atoms with Crippen LogP contribution in [0.4, 0.5) is 0 Å². The molecule has 146 valence electrons. The Balaban J connectivity index is 1.85. The fourth-order valence-electron chi connectivity index (χ4n) is 3.05. The topological polar surface area (TPSA) is 54.3 Å². The van der Waals surface area contributed by atoms with Crippen molar-refractivity contribution in [2.75, 3.05) is 7.11 Å². The van der Waals surface area contributed by atoms with Crippen molar-refractivity contribution in [3.63, 3.8) is 0 Å². The molecule has 5 nitrogen and oxygen atoms in total. The second kappa shape index (κ2) is 9.55. The van der Waals surface area contributed by atoms with E-state index in [1.165, 1.54) is 11.8 Å². The Hall–Kier alpha value is -2.60. The first-order chi connectivity index (χ1) is 13.6. The Kier molecular flexibility index (Phi) is 6.87. The number of amidine groups is 1. The van der Waals surface area contributed by atoms with E-state index in [1.54, 1.807) is 18.2 Å². The van der Waals surface area contributed by atoms with E-state index in [0.29, 0.717) is 11.7 Å². The van der Waals surface area contributed by atoms with Crippen molar-refractivity contribution in [3.8, 4) is 5.75 Å². The summed E-state index contributed by atoms with van der Waals surface area (Å²) in [5.41, 5.74) is 3.13. The molecule has 0 N–H and O–H groups in total. The quantitative estimate of drug-likeness (QED) is 0.507. The molecule has 1 aliphatic heterocycles. The maximum absolute atomic E-state index is 12.9. The summed E-state index contributed by atoms with van der Waals surface area (Å²) >= 11 is 1.50. The summed E-state index contributed by atoms with van der Waals surface area (Å²) in [5, 5.41) is 9.19. The molecule has 1 amide bonds. The van der Waals surface area contributed by atoms with Crippen molar-refractivity contribution >= 4 is 29.1 Å². The van der Waals surface area contributed by atoms with Gasteiger partial charge in [-0.15, -0.1) is 5.10 Å². The molecule has 1 atom stereocenters. The number of aryl methyl sites for hydroxylation is 1. The molecular formula is C22H25N3O2S. The van der Waals surface area contributed by atoms with Gasteiger partial charge in [-0.3, -0.25) is 9.69 Å². The van der Waals surface area contributed by atoms with Gasteiger partial charge in [0.15, 0.2) is 5.17 Å². The second-order valence-corrected chi connectivity index (χ2v) is 7.79. The number of hydrogen-bond donors (Lipinski definition) is 0. The molecule has 2 aromatic carbocycles. The molecule has 1 saturated heterocycles. The Morgan fingerprint density at radius 2 is 1.93 bits per heavy atom. The fourth-order valence-corrected chi connectivity index (χ4v) is 4.26. The average Bonchev–Trinajstić information content (AvgIpc) is 2.99. The molecule has 2 aromatic rings. The number of carbonyl (C=O) groups is 1. The Bertz CT molecular complexity index is 895. The molecule has 3 rings (SSSR count). The van der Waals surface area contributed by atoms with Gasteiger partial charge >= 0.3 is 0 Å². The normalized spacial score (nSPS) is 18.4. The van der Waals surface area contributed by atoms with Crippen molar-refractivity contribution in [1.82, 2.24) is 4.90 Å². The Morgan fingerprint density at radius 3 is 2.68 bits per heavy atom. The highest BCUT2D eigenvalue weighted by Gasteiger charge is 2.37. The third-order valence-corrected chi connectivity index (χ3v) is 5.87. The number of nitrogens with zero attached hydrogens (tertiary/aromatic N) is 3. The molecule has 0 aromatic heterocycles. The van der Waals surface area contributed by atoms with E-state index in [-0.39, 0.29) is 11.2 Å². The van der Waals surface area contributed by atoms with Crippen LogP contribution in [0.2, 0.25) is 0 Å². The molecule has 1 fully saturated rings. The number of methoxy groups -OCH3 is 1. The second-order valence-electron chi connectivity index (χ2n) is 6.62. The highest BCUT2D eigenvalue weighted by atomic mass is 32.2. The molecule has 1 heterocycles. The van der Waals surface area contributed by atoms with Crippen molar-refractivity contribution in [1.29, 1.82) is 0 Å². The predicted octanol–water partition coefficient (Wildman–Crippen LogP) is 4.64. The van der Waals surface area contributed by atoms with Gasteiger partial charge in [0.25, 0.3) is 0 Å². The van der Waals surface area contributed by atoms with E-state index in [0.717, 1.165) is 35.3 Å².